The van der Waals surface area contributed by atoms with Crippen LogP contribution in [0.4, 0.5) is 8.78 Å². The summed E-state index contributed by atoms with van der Waals surface area (Å²) in [5.41, 5.74) is 0.709. The fourth-order valence-electron chi connectivity index (χ4n) is 2.56. The maximum absolute atomic E-state index is 14.0. The number of halogens is 4. The van der Waals surface area contributed by atoms with Crippen molar-refractivity contribution in [3.8, 4) is 6.07 Å². The second-order valence-corrected chi connectivity index (χ2v) is 7.11. The van der Waals surface area contributed by atoms with Gasteiger partial charge in [-0.1, -0.05) is 33.6 Å². The van der Waals surface area contributed by atoms with Crippen LogP contribution in [0.5, 0.6) is 0 Å². The van der Waals surface area contributed by atoms with Gasteiger partial charge in [0.25, 0.3) is 5.91 Å². The average Bonchev–Trinajstić information content (AvgIpc) is 2.68. The van der Waals surface area contributed by atoms with E-state index in [9.17, 15) is 13.6 Å². The fraction of sp³-hybridized carbons (Fsp3) is 0.0500. The third-order valence-electron chi connectivity index (χ3n) is 3.94. The number of carbonyl (C=O) groups excluding carboxylic acids is 1. The molecule has 0 aliphatic carbocycles. The molecule has 0 aliphatic rings. The molecule has 1 N–H and O–H groups in total. The largest absolute Gasteiger partial charge is 0.340 e. The molecular weight excluding hydrogens is 452 g/mol. The molecule has 140 valence electrons. The number of hydrogen-bond donors (Lipinski definition) is 1. The Morgan fingerprint density at radius 3 is 2.57 bits per heavy atom. The van der Waals surface area contributed by atoms with Crippen LogP contribution < -0.4 is 5.32 Å². The molecule has 0 fully saturated rings. The molecule has 0 saturated heterocycles. The molecule has 1 heterocycles. The lowest BCUT2D eigenvalue weighted by atomic mass is 10.0. The van der Waals surface area contributed by atoms with Crippen LogP contribution in [0.25, 0.3) is 0 Å². The number of benzene rings is 2. The van der Waals surface area contributed by atoms with Crippen molar-refractivity contribution in [3.63, 3.8) is 0 Å². The first-order valence-electron chi connectivity index (χ1n) is 7.96. The van der Waals surface area contributed by atoms with Gasteiger partial charge < -0.3 is 5.32 Å². The third kappa shape index (κ3) is 4.35. The molecule has 0 unspecified atom stereocenters. The predicted molar refractivity (Wildman–Crippen MR) is 104 cm³/mol. The van der Waals surface area contributed by atoms with Crippen LogP contribution in [-0.4, -0.2) is 10.9 Å². The first-order chi connectivity index (χ1) is 13.4. The van der Waals surface area contributed by atoms with Crippen LogP contribution in [0.3, 0.4) is 0 Å². The lowest BCUT2D eigenvalue weighted by Crippen LogP contribution is -2.30. The fourth-order valence-corrected chi connectivity index (χ4v) is 3.03. The Kier molecular flexibility index (Phi) is 6.02. The summed E-state index contributed by atoms with van der Waals surface area (Å²) in [6.07, 6.45) is 1.53. The van der Waals surface area contributed by atoms with E-state index in [1.165, 1.54) is 30.5 Å². The topological polar surface area (TPSA) is 65.8 Å². The van der Waals surface area contributed by atoms with Crippen LogP contribution in [0.2, 0.25) is 5.02 Å². The second kappa shape index (κ2) is 8.46. The molecule has 0 aliphatic heterocycles. The van der Waals surface area contributed by atoms with E-state index >= 15 is 0 Å². The molecule has 0 spiro atoms. The summed E-state index contributed by atoms with van der Waals surface area (Å²) in [5, 5.41) is 11.5. The number of hydrogen-bond acceptors (Lipinski definition) is 3. The van der Waals surface area contributed by atoms with Gasteiger partial charge in [0.2, 0.25) is 0 Å². The van der Waals surface area contributed by atoms with Gasteiger partial charge in [0.05, 0.1) is 22.3 Å². The average molecular weight is 463 g/mol. The van der Waals surface area contributed by atoms with E-state index in [4.69, 9.17) is 16.9 Å². The number of nitriles is 1. The summed E-state index contributed by atoms with van der Waals surface area (Å²) in [4.78, 5) is 16.9. The standard InChI is InChI=1S/C20H11BrClF2N3O/c21-14-5-6-26-18(9-14)19(11-3-4-15(22)17(24)7-11)27-20(28)12-1-2-13(10-25)16(23)8-12/h1-9,19H,(H,27,28)/t19-/m0/s1. The van der Waals surface area contributed by atoms with Crippen molar-refractivity contribution >= 4 is 33.4 Å². The molecule has 1 atom stereocenters. The third-order valence-corrected chi connectivity index (χ3v) is 4.74. The smallest absolute Gasteiger partial charge is 0.252 e. The molecule has 1 amide bonds. The quantitative estimate of drug-likeness (QED) is 0.582. The highest BCUT2D eigenvalue weighted by Crippen LogP contribution is 2.26. The highest BCUT2D eigenvalue weighted by molar-refractivity contribution is 9.10. The number of amides is 1. The maximum Gasteiger partial charge on any atom is 0.252 e. The minimum absolute atomic E-state index is 0.0194. The molecule has 1 aromatic heterocycles. The van der Waals surface area contributed by atoms with Gasteiger partial charge in [0, 0.05) is 16.2 Å². The number of pyridine rings is 1. The minimum Gasteiger partial charge on any atom is -0.340 e. The molecule has 28 heavy (non-hydrogen) atoms. The van der Waals surface area contributed by atoms with Gasteiger partial charge in [-0.2, -0.15) is 5.26 Å². The van der Waals surface area contributed by atoms with Crippen molar-refractivity contribution in [2.24, 2.45) is 0 Å². The predicted octanol–water partition coefficient (Wildman–Crippen LogP) is 5.17. The highest BCUT2D eigenvalue weighted by Gasteiger charge is 2.21. The molecule has 4 nitrogen and oxygen atoms in total. The van der Waals surface area contributed by atoms with E-state index in [1.54, 1.807) is 24.3 Å². The number of aromatic nitrogens is 1. The first-order valence-corrected chi connectivity index (χ1v) is 9.13. The SMILES string of the molecule is N#Cc1ccc(C(=O)N[C@@H](c2ccc(Cl)c(F)c2)c2cc(Br)ccn2)cc1F. The molecule has 0 bridgehead atoms. The Morgan fingerprint density at radius 2 is 1.93 bits per heavy atom. The number of nitrogens with zero attached hydrogens (tertiary/aromatic N) is 2. The van der Waals surface area contributed by atoms with E-state index in [-0.39, 0.29) is 16.1 Å². The zero-order valence-corrected chi connectivity index (χ0v) is 16.4. The van der Waals surface area contributed by atoms with Gasteiger partial charge in [-0.15, -0.1) is 0 Å². The van der Waals surface area contributed by atoms with Crippen LogP contribution in [0.15, 0.2) is 59.2 Å². The lowest BCUT2D eigenvalue weighted by molar-refractivity contribution is 0.0941. The monoisotopic (exact) mass is 461 g/mol. The Morgan fingerprint density at radius 1 is 1.14 bits per heavy atom. The summed E-state index contributed by atoms with van der Waals surface area (Å²) in [6, 6.07) is 12.0. The summed E-state index contributed by atoms with van der Waals surface area (Å²) < 4.78 is 28.6. The second-order valence-electron chi connectivity index (χ2n) is 5.79. The zero-order chi connectivity index (χ0) is 20.3. The summed E-state index contributed by atoms with van der Waals surface area (Å²) >= 11 is 9.09. The summed E-state index contributed by atoms with van der Waals surface area (Å²) in [5.74, 6) is -2.05. The van der Waals surface area contributed by atoms with E-state index in [1.807, 2.05) is 0 Å². The highest BCUT2D eigenvalue weighted by atomic mass is 79.9. The van der Waals surface area contributed by atoms with Gasteiger partial charge in [-0.3, -0.25) is 9.78 Å². The van der Waals surface area contributed by atoms with E-state index in [2.05, 4.69) is 26.2 Å². The number of nitrogens with one attached hydrogen (secondary N) is 1. The normalized spacial score (nSPS) is 11.5. The molecule has 3 aromatic rings. The molecule has 0 radical (unpaired) electrons. The van der Waals surface area contributed by atoms with Crippen molar-refractivity contribution in [3.05, 3.63) is 98.2 Å². The van der Waals surface area contributed by atoms with E-state index < -0.39 is 23.6 Å². The Bertz CT molecular complexity index is 1100. The molecule has 3 rings (SSSR count). The Balaban J connectivity index is 1.99. The van der Waals surface area contributed by atoms with Crippen LogP contribution in [0.1, 0.15) is 33.2 Å². The summed E-state index contributed by atoms with van der Waals surface area (Å²) in [7, 11) is 0. The van der Waals surface area contributed by atoms with Crippen molar-refractivity contribution < 1.29 is 13.6 Å². The van der Waals surface area contributed by atoms with Crippen molar-refractivity contribution in [1.82, 2.24) is 10.3 Å². The molecule has 8 heteroatoms. The van der Waals surface area contributed by atoms with E-state index in [0.29, 0.717) is 11.3 Å². The van der Waals surface area contributed by atoms with Gasteiger partial charge in [-0.25, -0.2) is 8.78 Å². The van der Waals surface area contributed by atoms with Gasteiger partial charge in [0.1, 0.15) is 17.7 Å². The van der Waals surface area contributed by atoms with E-state index in [0.717, 1.165) is 10.5 Å². The van der Waals surface area contributed by atoms with Crippen LogP contribution in [-0.2, 0) is 0 Å². The number of carbonyl (C=O) groups is 1. The zero-order valence-electron chi connectivity index (χ0n) is 14.1. The van der Waals surface area contributed by atoms with Crippen molar-refractivity contribution in [2.75, 3.05) is 0 Å². The number of rotatable bonds is 4. The minimum atomic E-state index is -0.810. The maximum atomic E-state index is 14.0. The molecule has 2 aromatic carbocycles. The Hall–Kier alpha value is -2.82. The van der Waals surface area contributed by atoms with Crippen molar-refractivity contribution in [1.29, 1.82) is 5.26 Å². The Labute approximate surface area is 172 Å². The molecular formula is C20H11BrClF2N3O. The summed E-state index contributed by atoms with van der Waals surface area (Å²) in [6.45, 7) is 0. The first kappa shape index (κ1) is 19.9. The van der Waals surface area contributed by atoms with Crippen molar-refractivity contribution in [2.45, 2.75) is 6.04 Å². The van der Waals surface area contributed by atoms with Crippen LogP contribution in [0, 0.1) is 23.0 Å². The molecule has 0 saturated carbocycles. The van der Waals surface area contributed by atoms with Gasteiger partial charge in [0.15, 0.2) is 0 Å². The van der Waals surface area contributed by atoms with Gasteiger partial charge in [-0.05, 0) is 48.0 Å². The van der Waals surface area contributed by atoms with Gasteiger partial charge >= 0.3 is 0 Å². The van der Waals surface area contributed by atoms with Crippen LogP contribution >= 0.6 is 27.5 Å². The lowest BCUT2D eigenvalue weighted by Gasteiger charge is -2.19.